The van der Waals surface area contributed by atoms with Crippen LogP contribution in [0.15, 0.2) is 12.4 Å². The van der Waals surface area contributed by atoms with Crippen LogP contribution in [0.25, 0.3) is 11.0 Å². The van der Waals surface area contributed by atoms with Gasteiger partial charge in [0.15, 0.2) is 0 Å². The predicted molar refractivity (Wildman–Crippen MR) is 68.3 cm³/mol. The molecule has 1 aromatic carbocycles. The molecule has 0 aliphatic carbocycles. The molecule has 0 spiro atoms. The summed E-state index contributed by atoms with van der Waals surface area (Å²) in [6.45, 7) is 9.90. The van der Waals surface area contributed by atoms with Crippen LogP contribution in [0.5, 0.6) is 0 Å². The van der Waals surface area contributed by atoms with Crippen molar-refractivity contribution in [1.82, 2.24) is 9.97 Å². The van der Waals surface area contributed by atoms with Gasteiger partial charge in [-0.25, -0.2) is 9.37 Å². The van der Waals surface area contributed by atoms with E-state index in [4.69, 9.17) is 0 Å². The third-order valence-corrected chi connectivity index (χ3v) is 2.53. The summed E-state index contributed by atoms with van der Waals surface area (Å²) in [4.78, 5) is 7.10. The lowest BCUT2D eigenvalue weighted by atomic mass is 9.96. The number of rotatable bonds is 1. The Hall–Kier alpha value is -1.38. The number of imidazole rings is 1. The van der Waals surface area contributed by atoms with E-state index < -0.39 is 0 Å². The van der Waals surface area contributed by atoms with Crippen molar-refractivity contribution < 1.29 is 5.82 Å². The number of fused-ring (bicyclic) bond motifs is 1. The Kier molecular flexibility index (Phi) is 4.05. The van der Waals surface area contributed by atoms with Gasteiger partial charge in [0, 0.05) is 1.43 Å². The van der Waals surface area contributed by atoms with Crippen molar-refractivity contribution in [3.63, 3.8) is 0 Å². The average Bonchev–Trinajstić information content (AvgIpc) is 2.68. The Bertz CT molecular complexity index is 477. The minimum atomic E-state index is -0.144. The third-order valence-electron chi connectivity index (χ3n) is 2.53. The zero-order valence-electron chi connectivity index (χ0n) is 10.6. The van der Waals surface area contributed by atoms with Crippen LogP contribution in [-0.2, 0) is 0 Å². The van der Waals surface area contributed by atoms with Crippen molar-refractivity contribution in [3.8, 4) is 0 Å². The fourth-order valence-corrected chi connectivity index (χ4v) is 1.93. The molecule has 2 aromatic rings. The van der Waals surface area contributed by atoms with Gasteiger partial charge >= 0.3 is 0 Å². The molecule has 0 atom stereocenters. The maximum Gasteiger partial charge on any atom is 0.129 e. The lowest BCUT2D eigenvalue weighted by Crippen LogP contribution is -1.98. The Morgan fingerprint density at radius 1 is 1.38 bits per heavy atom. The highest BCUT2D eigenvalue weighted by Gasteiger charge is 2.14. The number of nitrogens with zero attached hydrogens (tertiary/aromatic N) is 1. The van der Waals surface area contributed by atoms with E-state index in [1.54, 1.807) is 6.33 Å². The van der Waals surface area contributed by atoms with Crippen LogP contribution < -0.4 is 0 Å². The molecule has 0 amide bonds. The highest BCUT2D eigenvalue weighted by Crippen LogP contribution is 2.27. The molecule has 0 saturated carbocycles. The molecule has 1 aromatic heterocycles. The fourth-order valence-electron chi connectivity index (χ4n) is 1.93. The van der Waals surface area contributed by atoms with Crippen LogP contribution in [0.2, 0.25) is 0 Å². The summed E-state index contributed by atoms with van der Waals surface area (Å²) >= 11 is 0. The largest absolute Gasteiger partial charge is 0.345 e. The summed E-state index contributed by atoms with van der Waals surface area (Å²) < 4.78 is 13.7. The molecule has 0 saturated heterocycles. The second kappa shape index (κ2) is 5.10. The molecular formula is C13H21FN2. The minimum Gasteiger partial charge on any atom is -0.345 e. The molecule has 0 fully saturated rings. The van der Waals surface area contributed by atoms with Gasteiger partial charge in [-0.3, -0.25) is 0 Å². The molecule has 2 nitrogen and oxygen atoms in total. The summed E-state index contributed by atoms with van der Waals surface area (Å²) in [5.74, 6) is 0.0466. The number of nitrogens with one attached hydrogen (secondary N) is 1. The number of halogens is 1. The molecule has 2 rings (SSSR count). The molecule has 1 heterocycles. The summed E-state index contributed by atoms with van der Waals surface area (Å²) in [6.07, 6.45) is 1.60. The van der Waals surface area contributed by atoms with Gasteiger partial charge in [-0.05, 0) is 30.0 Å². The number of aromatic nitrogens is 2. The van der Waals surface area contributed by atoms with Crippen LogP contribution in [0.1, 0.15) is 46.2 Å². The molecule has 0 bridgehead atoms. The van der Waals surface area contributed by atoms with Crippen LogP contribution >= 0.6 is 0 Å². The molecule has 0 unspecified atom stereocenters. The smallest absolute Gasteiger partial charge is 0.129 e. The zero-order valence-corrected chi connectivity index (χ0v) is 10.6. The number of H-pyrrole nitrogens is 1. The highest BCUT2D eigenvalue weighted by atomic mass is 19.1. The lowest BCUT2D eigenvalue weighted by Gasteiger charge is -2.11. The summed E-state index contributed by atoms with van der Waals surface area (Å²) in [6, 6.07) is 1.52. The monoisotopic (exact) mass is 224 g/mol. The topological polar surface area (TPSA) is 28.7 Å². The Morgan fingerprint density at radius 3 is 2.56 bits per heavy atom. The van der Waals surface area contributed by atoms with Crippen molar-refractivity contribution >= 4 is 11.0 Å². The van der Waals surface area contributed by atoms with Crippen molar-refractivity contribution in [2.24, 2.45) is 0 Å². The van der Waals surface area contributed by atoms with E-state index in [0.29, 0.717) is 0 Å². The molecule has 3 heteroatoms. The first kappa shape index (κ1) is 12.7. The lowest BCUT2D eigenvalue weighted by molar-refractivity contribution is 0.598. The summed E-state index contributed by atoms with van der Waals surface area (Å²) in [7, 11) is 0. The second-order valence-electron chi connectivity index (χ2n) is 3.85. The number of aryl methyl sites for hydroxylation is 1. The van der Waals surface area contributed by atoms with Gasteiger partial charge in [0.2, 0.25) is 0 Å². The first-order valence-corrected chi connectivity index (χ1v) is 5.73. The minimum absolute atomic E-state index is 0. The summed E-state index contributed by atoms with van der Waals surface area (Å²) in [5.41, 5.74) is 3.35. The molecular weight excluding hydrogens is 203 g/mol. The van der Waals surface area contributed by atoms with Crippen molar-refractivity contribution in [2.75, 3.05) is 0 Å². The van der Waals surface area contributed by atoms with E-state index in [1.807, 2.05) is 34.6 Å². The van der Waals surface area contributed by atoms with Gasteiger partial charge in [0.05, 0.1) is 17.4 Å². The number of benzene rings is 1. The zero-order chi connectivity index (χ0) is 12.3. The number of hydrogen-bond donors (Lipinski definition) is 1. The van der Waals surface area contributed by atoms with E-state index >= 15 is 0 Å². The normalized spacial score (nSPS) is 10.4. The van der Waals surface area contributed by atoms with Gasteiger partial charge in [-0.15, -0.1) is 0 Å². The molecule has 16 heavy (non-hydrogen) atoms. The Labute approximate surface area is 97.4 Å². The van der Waals surface area contributed by atoms with Gasteiger partial charge in [0.25, 0.3) is 0 Å². The molecule has 0 radical (unpaired) electrons. The van der Waals surface area contributed by atoms with Gasteiger partial charge < -0.3 is 4.98 Å². The maximum absolute atomic E-state index is 13.7. The number of aromatic amines is 1. The van der Waals surface area contributed by atoms with Crippen molar-refractivity contribution in [1.29, 1.82) is 0 Å². The SMILES string of the molecule is CC.Cc1c(C(C)C)c(F)cc2[nH]cnc12.[HH]. The van der Waals surface area contributed by atoms with E-state index in [9.17, 15) is 4.39 Å². The van der Waals surface area contributed by atoms with Crippen LogP contribution in [-0.4, -0.2) is 9.97 Å². The second-order valence-corrected chi connectivity index (χ2v) is 3.85. The molecule has 1 N–H and O–H groups in total. The van der Waals surface area contributed by atoms with Gasteiger partial charge in [-0.2, -0.15) is 0 Å². The van der Waals surface area contributed by atoms with Crippen molar-refractivity contribution in [2.45, 2.75) is 40.5 Å². The molecule has 0 aliphatic rings. The Balaban J connectivity index is 0.000000811. The van der Waals surface area contributed by atoms with Gasteiger partial charge in [0.1, 0.15) is 5.82 Å². The van der Waals surface area contributed by atoms with Crippen LogP contribution in [0.4, 0.5) is 4.39 Å². The maximum atomic E-state index is 13.7. The first-order chi connectivity index (χ1) is 7.61. The Morgan fingerprint density at radius 2 is 2.00 bits per heavy atom. The van der Waals surface area contributed by atoms with E-state index in [1.165, 1.54) is 6.07 Å². The number of hydrogen-bond acceptors (Lipinski definition) is 1. The fraction of sp³-hybridized carbons (Fsp3) is 0.462. The molecule has 90 valence electrons. The van der Waals surface area contributed by atoms with E-state index in [2.05, 4.69) is 9.97 Å². The summed E-state index contributed by atoms with van der Waals surface area (Å²) in [5, 5.41) is 0. The van der Waals surface area contributed by atoms with Crippen molar-refractivity contribution in [3.05, 3.63) is 29.3 Å². The van der Waals surface area contributed by atoms with Crippen LogP contribution in [0.3, 0.4) is 0 Å². The van der Waals surface area contributed by atoms with E-state index in [-0.39, 0.29) is 13.2 Å². The first-order valence-electron chi connectivity index (χ1n) is 5.73. The van der Waals surface area contributed by atoms with Crippen LogP contribution in [0, 0.1) is 12.7 Å². The third kappa shape index (κ3) is 2.08. The highest BCUT2D eigenvalue weighted by molar-refractivity contribution is 5.79. The average molecular weight is 224 g/mol. The van der Waals surface area contributed by atoms with E-state index in [0.717, 1.165) is 22.2 Å². The molecule has 0 aliphatic heterocycles. The van der Waals surface area contributed by atoms with Gasteiger partial charge in [-0.1, -0.05) is 27.7 Å². The quantitative estimate of drug-likeness (QED) is 0.763. The standard InChI is InChI=1S/C11H13FN2.C2H6.H2/c1-6(2)10-7(3)11-9(4-8(10)12)13-5-14-11;1-2;/h4-6H,1-3H3,(H,13,14);1-2H3;1H. The predicted octanol–water partition coefficient (Wildman–Crippen LogP) is 4.41.